The van der Waals surface area contributed by atoms with Gasteiger partial charge in [0, 0.05) is 12.3 Å². The third-order valence-electron chi connectivity index (χ3n) is 7.02. The summed E-state index contributed by atoms with van der Waals surface area (Å²) < 4.78 is 22.0. The first-order valence-electron chi connectivity index (χ1n) is 12.6. The molecule has 0 bridgehead atoms. The average Bonchev–Trinajstić information content (AvgIpc) is 2.94. The third-order valence-corrected chi connectivity index (χ3v) is 7.02. The van der Waals surface area contributed by atoms with Gasteiger partial charge in [-0.05, 0) is 35.7 Å². The molecule has 3 aromatic rings. The SMILES string of the molecule is COc1ccc([C@@H]2[C@@H](C(=O)OCc3ccccc3)C(=O)C[C@@](C)(O)[C@@H]2C(=O)OCc2ccccc2)cc1OC. The van der Waals surface area contributed by atoms with Crippen molar-refractivity contribution >= 4 is 17.7 Å². The highest BCUT2D eigenvalue weighted by atomic mass is 16.5. The van der Waals surface area contributed by atoms with Crippen LogP contribution in [0.25, 0.3) is 0 Å². The second-order valence-corrected chi connectivity index (χ2v) is 9.78. The zero-order valence-corrected chi connectivity index (χ0v) is 22.2. The molecule has 0 aromatic heterocycles. The van der Waals surface area contributed by atoms with Gasteiger partial charge in [0.05, 0.1) is 25.7 Å². The fourth-order valence-corrected chi connectivity index (χ4v) is 5.11. The summed E-state index contributed by atoms with van der Waals surface area (Å²) in [7, 11) is 2.95. The number of methoxy groups -OCH3 is 2. The minimum atomic E-state index is -1.78. The fourth-order valence-electron chi connectivity index (χ4n) is 5.11. The minimum absolute atomic E-state index is 0.0258. The van der Waals surface area contributed by atoms with Gasteiger partial charge in [0.15, 0.2) is 17.3 Å². The van der Waals surface area contributed by atoms with Crippen LogP contribution in [0.3, 0.4) is 0 Å². The Balaban J connectivity index is 1.72. The first-order chi connectivity index (χ1) is 18.7. The van der Waals surface area contributed by atoms with Crippen molar-refractivity contribution < 1.29 is 38.4 Å². The van der Waals surface area contributed by atoms with Gasteiger partial charge in [-0.15, -0.1) is 0 Å². The lowest BCUT2D eigenvalue weighted by Crippen LogP contribution is -2.55. The van der Waals surface area contributed by atoms with Crippen molar-refractivity contribution in [3.05, 3.63) is 95.6 Å². The summed E-state index contributed by atoms with van der Waals surface area (Å²) in [5.41, 5.74) is 0.171. The highest BCUT2D eigenvalue weighted by Gasteiger charge is 2.57. The molecule has 1 saturated carbocycles. The number of benzene rings is 3. The number of carbonyl (C=O) groups is 3. The van der Waals surface area contributed by atoms with Crippen LogP contribution in [0.1, 0.15) is 36.0 Å². The molecule has 0 radical (unpaired) electrons. The van der Waals surface area contributed by atoms with Gasteiger partial charge in [-0.25, -0.2) is 0 Å². The summed E-state index contributed by atoms with van der Waals surface area (Å²) in [5, 5.41) is 11.4. The standard InChI is InChI=1S/C31H32O8/c1-31(35)17-23(32)27(29(33)38-18-20-10-6-4-7-11-20)26(22-14-15-24(36-2)25(16-22)37-3)28(31)30(34)39-19-21-12-8-5-9-13-21/h4-16,26-28,35H,17-19H2,1-3H3/t26-,27+,28+,31-/m1/s1. The van der Waals surface area contributed by atoms with E-state index in [4.69, 9.17) is 18.9 Å². The van der Waals surface area contributed by atoms with Crippen molar-refractivity contribution in [2.24, 2.45) is 11.8 Å². The van der Waals surface area contributed by atoms with Gasteiger partial charge in [0.2, 0.25) is 0 Å². The van der Waals surface area contributed by atoms with Gasteiger partial charge in [-0.2, -0.15) is 0 Å². The summed E-state index contributed by atoms with van der Waals surface area (Å²) in [5.74, 6) is -4.91. The zero-order chi connectivity index (χ0) is 28.0. The van der Waals surface area contributed by atoms with E-state index in [1.165, 1.54) is 21.1 Å². The number of aliphatic hydroxyl groups is 1. The molecule has 0 aliphatic heterocycles. The van der Waals surface area contributed by atoms with E-state index in [9.17, 15) is 19.5 Å². The smallest absolute Gasteiger partial charge is 0.317 e. The van der Waals surface area contributed by atoms with E-state index >= 15 is 0 Å². The number of hydrogen-bond donors (Lipinski definition) is 1. The molecule has 0 unspecified atom stereocenters. The summed E-state index contributed by atoms with van der Waals surface area (Å²) >= 11 is 0. The van der Waals surface area contributed by atoms with Crippen LogP contribution in [-0.4, -0.2) is 42.6 Å². The second kappa shape index (κ2) is 12.1. The molecule has 8 nitrogen and oxygen atoms in total. The predicted octanol–water partition coefficient (Wildman–Crippen LogP) is 4.23. The van der Waals surface area contributed by atoms with Crippen LogP contribution in [0.2, 0.25) is 0 Å². The van der Waals surface area contributed by atoms with Gasteiger partial charge in [-0.3, -0.25) is 14.4 Å². The molecule has 4 atom stereocenters. The van der Waals surface area contributed by atoms with Crippen molar-refractivity contribution in [1.82, 2.24) is 0 Å². The number of hydrogen-bond acceptors (Lipinski definition) is 8. The molecule has 39 heavy (non-hydrogen) atoms. The Morgan fingerprint density at radius 2 is 1.36 bits per heavy atom. The molecule has 1 aliphatic carbocycles. The Kier molecular flexibility index (Phi) is 8.66. The maximum Gasteiger partial charge on any atom is 0.317 e. The topological polar surface area (TPSA) is 108 Å². The van der Waals surface area contributed by atoms with Gasteiger partial charge < -0.3 is 24.1 Å². The van der Waals surface area contributed by atoms with E-state index in [0.29, 0.717) is 17.1 Å². The molecular formula is C31H32O8. The van der Waals surface area contributed by atoms with Crippen LogP contribution >= 0.6 is 0 Å². The number of ketones is 1. The van der Waals surface area contributed by atoms with Crippen LogP contribution in [0, 0.1) is 11.8 Å². The lowest BCUT2D eigenvalue weighted by atomic mass is 9.61. The molecule has 0 spiro atoms. The number of ether oxygens (including phenoxy) is 4. The van der Waals surface area contributed by atoms with Crippen molar-refractivity contribution in [3.63, 3.8) is 0 Å². The van der Waals surface area contributed by atoms with E-state index in [1.54, 1.807) is 30.3 Å². The van der Waals surface area contributed by atoms with Crippen LogP contribution in [-0.2, 0) is 37.1 Å². The molecule has 8 heteroatoms. The van der Waals surface area contributed by atoms with Crippen molar-refractivity contribution in [3.8, 4) is 11.5 Å². The van der Waals surface area contributed by atoms with Crippen LogP contribution in [0.15, 0.2) is 78.9 Å². The molecule has 1 fully saturated rings. The van der Waals surface area contributed by atoms with Crippen LogP contribution in [0.5, 0.6) is 11.5 Å². The highest BCUT2D eigenvalue weighted by Crippen LogP contribution is 2.48. The second-order valence-electron chi connectivity index (χ2n) is 9.78. The summed E-state index contributed by atoms with van der Waals surface area (Å²) in [4.78, 5) is 40.5. The quantitative estimate of drug-likeness (QED) is 0.322. The molecule has 204 valence electrons. The lowest BCUT2D eigenvalue weighted by Gasteiger charge is -2.43. The fraction of sp³-hybridized carbons (Fsp3) is 0.323. The Bertz CT molecular complexity index is 1300. The maximum atomic E-state index is 13.6. The van der Waals surface area contributed by atoms with Crippen LogP contribution in [0.4, 0.5) is 0 Å². The third kappa shape index (κ3) is 6.29. The number of carbonyl (C=O) groups excluding carboxylic acids is 3. The summed E-state index contributed by atoms with van der Waals surface area (Å²) in [6, 6.07) is 23.1. The molecule has 4 rings (SSSR count). The Labute approximate surface area is 227 Å². The first-order valence-corrected chi connectivity index (χ1v) is 12.6. The summed E-state index contributed by atoms with van der Waals surface area (Å²) in [6.07, 6.45) is -0.410. The van der Waals surface area contributed by atoms with E-state index in [2.05, 4.69) is 0 Å². The number of rotatable bonds is 9. The van der Waals surface area contributed by atoms with Crippen molar-refractivity contribution in [2.45, 2.75) is 38.1 Å². The van der Waals surface area contributed by atoms with Crippen molar-refractivity contribution in [1.29, 1.82) is 0 Å². The first kappa shape index (κ1) is 27.9. The Morgan fingerprint density at radius 1 is 0.821 bits per heavy atom. The van der Waals surface area contributed by atoms with Gasteiger partial charge in [-0.1, -0.05) is 66.7 Å². The van der Waals surface area contributed by atoms with Gasteiger partial charge >= 0.3 is 11.9 Å². The molecule has 0 heterocycles. The van der Waals surface area contributed by atoms with Gasteiger partial charge in [0.25, 0.3) is 0 Å². The van der Waals surface area contributed by atoms with E-state index in [-0.39, 0.29) is 13.2 Å². The maximum absolute atomic E-state index is 13.6. The molecule has 1 N–H and O–H groups in total. The van der Waals surface area contributed by atoms with Gasteiger partial charge in [0.1, 0.15) is 19.1 Å². The number of Topliss-reactive ketones (excluding diaryl/α,β-unsaturated/α-hetero) is 1. The predicted molar refractivity (Wildman–Crippen MR) is 142 cm³/mol. The molecular weight excluding hydrogens is 500 g/mol. The lowest BCUT2D eigenvalue weighted by molar-refractivity contribution is -0.174. The van der Waals surface area contributed by atoms with Crippen LogP contribution < -0.4 is 9.47 Å². The molecule has 3 aromatic carbocycles. The minimum Gasteiger partial charge on any atom is -0.493 e. The highest BCUT2D eigenvalue weighted by molar-refractivity contribution is 6.02. The monoisotopic (exact) mass is 532 g/mol. The van der Waals surface area contributed by atoms with Crippen molar-refractivity contribution in [2.75, 3.05) is 14.2 Å². The Hall–Kier alpha value is -4.17. The van der Waals surface area contributed by atoms with E-state index < -0.39 is 47.5 Å². The largest absolute Gasteiger partial charge is 0.493 e. The van der Waals surface area contributed by atoms with E-state index in [0.717, 1.165) is 11.1 Å². The normalized spacial score (nSPS) is 22.6. The number of esters is 2. The average molecular weight is 533 g/mol. The molecule has 0 saturated heterocycles. The van der Waals surface area contributed by atoms with E-state index in [1.807, 2.05) is 48.5 Å². The summed E-state index contributed by atoms with van der Waals surface area (Å²) in [6.45, 7) is 1.35. The Morgan fingerprint density at radius 3 is 1.90 bits per heavy atom. The molecule has 1 aliphatic rings. The zero-order valence-electron chi connectivity index (χ0n) is 22.2. The molecule has 0 amide bonds.